The van der Waals surface area contributed by atoms with Crippen LogP contribution >= 0.6 is 11.6 Å². The van der Waals surface area contributed by atoms with Crippen molar-refractivity contribution >= 4 is 23.5 Å². The third-order valence-electron chi connectivity index (χ3n) is 3.87. The molecule has 2 atom stereocenters. The SMILES string of the molecule is Cc1ccc(C(=O)N2CCCC(C)C2C(=O)O)cc1Cl. The Balaban J connectivity index is 2.30. The average Bonchev–Trinajstić information content (AvgIpc) is 2.40. The van der Waals surface area contributed by atoms with Crippen LogP contribution in [0.2, 0.25) is 5.02 Å². The van der Waals surface area contributed by atoms with E-state index in [2.05, 4.69) is 0 Å². The van der Waals surface area contributed by atoms with Crippen molar-refractivity contribution in [2.45, 2.75) is 32.7 Å². The first-order valence-electron chi connectivity index (χ1n) is 6.71. The number of nitrogens with zero attached hydrogens (tertiary/aromatic N) is 1. The summed E-state index contributed by atoms with van der Waals surface area (Å²) in [5.41, 5.74) is 1.34. The molecule has 0 aromatic heterocycles. The molecule has 1 fully saturated rings. The van der Waals surface area contributed by atoms with Gasteiger partial charge in [-0.1, -0.05) is 24.6 Å². The van der Waals surface area contributed by atoms with E-state index in [1.807, 2.05) is 13.8 Å². The number of likely N-dealkylation sites (tertiary alicyclic amines) is 1. The van der Waals surface area contributed by atoms with Gasteiger partial charge in [-0.2, -0.15) is 0 Å². The minimum absolute atomic E-state index is 0.0360. The molecule has 1 amide bonds. The van der Waals surface area contributed by atoms with Gasteiger partial charge < -0.3 is 10.0 Å². The van der Waals surface area contributed by atoms with Gasteiger partial charge in [0.15, 0.2) is 0 Å². The van der Waals surface area contributed by atoms with Crippen LogP contribution in [-0.2, 0) is 4.79 Å². The molecule has 1 aliphatic rings. The highest BCUT2D eigenvalue weighted by Gasteiger charge is 2.37. The van der Waals surface area contributed by atoms with E-state index in [0.29, 0.717) is 17.1 Å². The highest BCUT2D eigenvalue weighted by Crippen LogP contribution is 2.26. The summed E-state index contributed by atoms with van der Waals surface area (Å²) in [6.45, 7) is 4.21. The topological polar surface area (TPSA) is 57.6 Å². The summed E-state index contributed by atoms with van der Waals surface area (Å²) in [6, 6.07) is 4.33. The molecule has 0 aliphatic carbocycles. The number of carboxylic acid groups (broad SMARTS) is 1. The van der Waals surface area contributed by atoms with Crippen LogP contribution in [0.4, 0.5) is 0 Å². The summed E-state index contributed by atoms with van der Waals surface area (Å²) in [5, 5.41) is 9.87. The maximum absolute atomic E-state index is 12.5. The molecule has 1 aliphatic heterocycles. The first-order chi connectivity index (χ1) is 9.41. The fraction of sp³-hybridized carbons (Fsp3) is 0.467. The van der Waals surface area contributed by atoms with Crippen molar-refractivity contribution in [1.82, 2.24) is 4.90 Å². The zero-order valence-electron chi connectivity index (χ0n) is 11.6. The summed E-state index contributed by atoms with van der Waals surface area (Å²) in [6.07, 6.45) is 1.66. The van der Waals surface area contributed by atoms with E-state index in [1.165, 1.54) is 4.90 Å². The zero-order chi connectivity index (χ0) is 14.9. The Morgan fingerprint density at radius 1 is 1.40 bits per heavy atom. The van der Waals surface area contributed by atoms with Gasteiger partial charge in [0.2, 0.25) is 0 Å². The molecule has 2 unspecified atom stereocenters. The van der Waals surface area contributed by atoms with Crippen LogP contribution in [0.3, 0.4) is 0 Å². The van der Waals surface area contributed by atoms with Crippen molar-refractivity contribution in [3.63, 3.8) is 0 Å². The van der Waals surface area contributed by atoms with E-state index in [1.54, 1.807) is 18.2 Å². The van der Waals surface area contributed by atoms with E-state index in [0.717, 1.165) is 18.4 Å². The average molecular weight is 296 g/mol. The number of rotatable bonds is 2. The van der Waals surface area contributed by atoms with Crippen LogP contribution in [0.1, 0.15) is 35.7 Å². The highest BCUT2D eigenvalue weighted by molar-refractivity contribution is 6.31. The summed E-state index contributed by atoms with van der Waals surface area (Å²) < 4.78 is 0. The molecule has 20 heavy (non-hydrogen) atoms. The Bertz CT molecular complexity index is 544. The van der Waals surface area contributed by atoms with Crippen molar-refractivity contribution in [3.8, 4) is 0 Å². The summed E-state index contributed by atoms with van der Waals surface area (Å²) in [4.78, 5) is 25.4. The second-order valence-electron chi connectivity index (χ2n) is 5.37. The molecular weight excluding hydrogens is 278 g/mol. The number of carbonyl (C=O) groups excluding carboxylic acids is 1. The van der Waals surface area contributed by atoms with E-state index < -0.39 is 12.0 Å². The number of amides is 1. The molecule has 0 bridgehead atoms. The summed E-state index contributed by atoms with van der Waals surface area (Å²) >= 11 is 6.04. The lowest BCUT2D eigenvalue weighted by molar-refractivity contribution is -0.145. The highest BCUT2D eigenvalue weighted by atomic mass is 35.5. The van der Waals surface area contributed by atoms with Crippen molar-refractivity contribution in [2.24, 2.45) is 5.92 Å². The molecule has 1 aromatic rings. The van der Waals surface area contributed by atoms with Crippen molar-refractivity contribution in [2.75, 3.05) is 6.54 Å². The number of carboxylic acids is 1. The fourth-order valence-electron chi connectivity index (χ4n) is 2.68. The van der Waals surface area contributed by atoms with E-state index in [9.17, 15) is 14.7 Å². The number of carbonyl (C=O) groups is 2. The second-order valence-corrected chi connectivity index (χ2v) is 5.77. The molecule has 1 N–H and O–H groups in total. The fourth-order valence-corrected chi connectivity index (χ4v) is 2.86. The van der Waals surface area contributed by atoms with Crippen LogP contribution in [0.5, 0.6) is 0 Å². The summed E-state index contributed by atoms with van der Waals surface area (Å²) in [5.74, 6) is -1.24. The molecule has 108 valence electrons. The van der Waals surface area contributed by atoms with Crippen molar-refractivity contribution in [3.05, 3.63) is 34.3 Å². The van der Waals surface area contributed by atoms with Crippen LogP contribution in [0.15, 0.2) is 18.2 Å². The Morgan fingerprint density at radius 2 is 2.10 bits per heavy atom. The number of aryl methyl sites for hydroxylation is 1. The van der Waals surface area contributed by atoms with Gasteiger partial charge in [-0.25, -0.2) is 4.79 Å². The number of piperidine rings is 1. The monoisotopic (exact) mass is 295 g/mol. The number of benzene rings is 1. The molecule has 0 saturated carbocycles. The lowest BCUT2D eigenvalue weighted by atomic mass is 9.90. The second kappa shape index (κ2) is 5.83. The first kappa shape index (κ1) is 14.9. The van der Waals surface area contributed by atoms with Gasteiger partial charge in [0.1, 0.15) is 6.04 Å². The smallest absolute Gasteiger partial charge is 0.326 e. The zero-order valence-corrected chi connectivity index (χ0v) is 12.4. The molecule has 1 aromatic carbocycles. The van der Waals surface area contributed by atoms with Crippen LogP contribution in [0, 0.1) is 12.8 Å². The molecule has 5 heteroatoms. The van der Waals surface area contributed by atoms with E-state index in [4.69, 9.17) is 11.6 Å². The maximum atomic E-state index is 12.5. The quantitative estimate of drug-likeness (QED) is 0.912. The van der Waals surface area contributed by atoms with Gasteiger partial charge in [-0.3, -0.25) is 4.79 Å². The number of halogens is 1. The van der Waals surface area contributed by atoms with Crippen LogP contribution in [0.25, 0.3) is 0 Å². The van der Waals surface area contributed by atoms with Gasteiger partial charge in [-0.05, 0) is 43.4 Å². The van der Waals surface area contributed by atoms with Crippen molar-refractivity contribution in [1.29, 1.82) is 0 Å². The molecule has 1 heterocycles. The normalized spacial score (nSPS) is 22.6. The van der Waals surface area contributed by atoms with Gasteiger partial charge in [-0.15, -0.1) is 0 Å². The number of aliphatic carboxylic acids is 1. The molecule has 0 radical (unpaired) electrons. The number of hydrogen-bond donors (Lipinski definition) is 1. The van der Waals surface area contributed by atoms with Crippen LogP contribution in [-0.4, -0.2) is 34.5 Å². The first-order valence-corrected chi connectivity index (χ1v) is 7.09. The third kappa shape index (κ3) is 2.80. The molecule has 0 spiro atoms. The van der Waals surface area contributed by atoms with Gasteiger partial charge >= 0.3 is 5.97 Å². The lowest BCUT2D eigenvalue weighted by Gasteiger charge is -2.37. The van der Waals surface area contributed by atoms with Crippen LogP contribution < -0.4 is 0 Å². The minimum atomic E-state index is -0.941. The predicted molar refractivity (Wildman–Crippen MR) is 77.0 cm³/mol. The van der Waals surface area contributed by atoms with Gasteiger partial charge in [0.25, 0.3) is 5.91 Å². The number of hydrogen-bond acceptors (Lipinski definition) is 2. The van der Waals surface area contributed by atoms with E-state index >= 15 is 0 Å². The maximum Gasteiger partial charge on any atom is 0.326 e. The standard InChI is InChI=1S/C15H18ClNO3/c1-9-5-6-11(8-12(9)16)14(18)17-7-3-4-10(2)13(17)15(19)20/h5-6,8,10,13H,3-4,7H2,1-2H3,(H,19,20). The predicted octanol–water partition coefficient (Wildman–Crippen LogP) is 2.97. The summed E-state index contributed by atoms with van der Waals surface area (Å²) in [7, 11) is 0. The Kier molecular flexibility index (Phi) is 4.33. The van der Waals surface area contributed by atoms with Gasteiger partial charge in [0.05, 0.1) is 0 Å². The Labute approximate surface area is 123 Å². The van der Waals surface area contributed by atoms with Gasteiger partial charge in [0, 0.05) is 17.1 Å². The Morgan fingerprint density at radius 3 is 2.70 bits per heavy atom. The Hall–Kier alpha value is -1.55. The largest absolute Gasteiger partial charge is 0.480 e. The molecule has 4 nitrogen and oxygen atoms in total. The molecule has 1 saturated heterocycles. The van der Waals surface area contributed by atoms with Crippen molar-refractivity contribution < 1.29 is 14.7 Å². The third-order valence-corrected chi connectivity index (χ3v) is 4.27. The minimum Gasteiger partial charge on any atom is -0.480 e. The van der Waals surface area contributed by atoms with E-state index in [-0.39, 0.29) is 11.8 Å². The molecule has 2 rings (SSSR count). The molecular formula is C15H18ClNO3. The lowest BCUT2D eigenvalue weighted by Crippen LogP contribution is -2.51.